The van der Waals surface area contributed by atoms with Crippen molar-refractivity contribution in [1.29, 1.82) is 0 Å². The number of pyridine rings is 1. The van der Waals surface area contributed by atoms with E-state index in [-0.39, 0.29) is 11.8 Å². The molecule has 0 spiro atoms. The number of piperazine rings is 1. The molecule has 4 rings (SSSR count). The predicted molar refractivity (Wildman–Crippen MR) is 91.9 cm³/mol. The first kappa shape index (κ1) is 15.1. The smallest absolute Gasteiger partial charge is 0.255 e. The molecule has 0 bridgehead atoms. The van der Waals surface area contributed by atoms with Crippen LogP contribution in [-0.4, -0.2) is 52.8 Å². The van der Waals surface area contributed by atoms with Gasteiger partial charge >= 0.3 is 0 Å². The minimum absolute atomic E-state index is 0.0809. The summed E-state index contributed by atoms with van der Waals surface area (Å²) in [4.78, 5) is 33.2. The van der Waals surface area contributed by atoms with E-state index in [2.05, 4.69) is 0 Å². The lowest BCUT2D eigenvalue weighted by Gasteiger charge is -2.34. The van der Waals surface area contributed by atoms with Crippen LogP contribution in [0, 0.1) is 0 Å². The van der Waals surface area contributed by atoms with Crippen LogP contribution in [0.15, 0.2) is 24.3 Å². The molecular weight excluding hydrogens is 302 g/mol. The summed E-state index contributed by atoms with van der Waals surface area (Å²) >= 11 is 0. The Morgan fingerprint density at radius 1 is 1.00 bits per heavy atom. The quantitative estimate of drug-likeness (QED) is 0.807. The Morgan fingerprint density at radius 3 is 2.46 bits per heavy atom. The van der Waals surface area contributed by atoms with Crippen LogP contribution < -0.4 is 0 Å². The fraction of sp³-hybridized carbons (Fsp3) is 0.421. The van der Waals surface area contributed by atoms with Gasteiger partial charge in [0.15, 0.2) is 0 Å². The topological polar surface area (TPSA) is 53.5 Å². The van der Waals surface area contributed by atoms with Gasteiger partial charge in [0.1, 0.15) is 0 Å². The second kappa shape index (κ2) is 5.89. The number of hydrogen-bond acceptors (Lipinski definition) is 3. The molecule has 124 valence electrons. The maximum Gasteiger partial charge on any atom is 0.255 e. The van der Waals surface area contributed by atoms with Crippen molar-refractivity contribution in [3.63, 3.8) is 0 Å². The van der Waals surface area contributed by atoms with Gasteiger partial charge in [-0.1, -0.05) is 18.2 Å². The molecule has 0 saturated carbocycles. The van der Waals surface area contributed by atoms with Gasteiger partial charge in [-0.05, 0) is 30.9 Å². The third-order valence-electron chi connectivity index (χ3n) is 5.15. The molecule has 1 aliphatic heterocycles. The van der Waals surface area contributed by atoms with Crippen LogP contribution in [0.1, 0.15) is 35.0 Å². The Morgan fingerprint density at radius 2 is 1.71 bits per heavy atom. The van der Waals surface area contributed by atoms with Gasteiger partial charge in [-0.25, -0.2) is 0 Å². The van der Waals surface area contributed by atoms with Gasteiger partial charge in [-0.3, -0.25) is 14.6 Å². The zero-order valence-corrected chi connectivity index (χ0v) is 13.9. The van der Waals surface area contributed by atoms with Crippen molar-refractivity contribution in [2.24, 2.45) is 0 Å². The van der Waals surface area contributed by atoms with Crippen LogP contribution in [0.4, 0.5) is 0 Å². The highest BCUT2D eigenvalue weighted by molar-refractivity contribution is 6.08. The highest BCUT2D eigenvalue weighted by Gasteiger charge is 2.29. The van der Waals surface area contributed by atoms with Crippen molar-refractivity contribution in [2.45, 2.75) is 26.2 Å². The largest absolute Gasteiger partial charge is 0.339 e. The number of aryl methyl sites for hydroxylation is 1. The lowest BCUT2D eigenvalue weighted by molar-refractivity contribution is -0.130. The molecule has 0 atom stereocenters. The van der Waals surface area contributed by atoms with Crippen molar-refractivity contribution in [3.05, 3.63) is 41.1 Å². The SMILES string of the molecule is CC(=O)N1CCN(C(=O)c2c3c(nc4ccccc24)CCC3)CC1. The number of rotatable bonds is 1. The molecule has 1 aliphatic carbocycles. The monoisotopic (exact) mass is 323 g/mol. The number of carbonyl (C=O) groups excluding carboxylic acids is 2. The Labute approximate surface area is 141 Å². The molecule has 5 nitrogen and oxygen atoms in total. The van der Waals surface area contributed by atoms with Crippen molar-refractivity contribution in [2.75, 3.05) is 26.2 Å². The van der Waals surface area contributed by atoms with Crippen LogP contribution in [0.2, 0.25) is 0 Å². The predicted octanol–water partition coefficient (Wildman–Crippen LogP) is 2.03. The highest BCUT2D eigenvalue weighted by atomic mass is 16.2. The van der Waals surface area contributed by atoms with E-state index in [1.807, 2.05) is 29.2 Å². The summed E-state index contributed by atoms with van der Waals surface area (Å²) in [5, 5.41) is 0.956. The molecule has 5 heteroatoms. The van der Waals surface area contributed by atoms with Gasteiger partial charge in [0.05, 0.1) is 11.1 Å². The number of nitrogens with zero attached hydrogens (tertiary/aromatic N) is 3. The molecule has 2 aromatic rings. The van der Waals surface area contributed by atoms with Gasteiger partial charge in [-0.15, -0.1) is 0 Å². The average Bonchev–Trinajstić information content (AvgIpc) is 3.07. The van der Waals surface area contributed by atoms with Crippen LogP contribution in [0.25, 0.3) is 10.9 Å². The first-order valence-electron chi connectivity index (χ1n) is 8.60. The fourth-order valence-electron chi connectivity index (χ4n) is 3.84. The molecule has 0 N–H and O–H groups in total. The van der Waals surface area contributed by atoms with E-state index in [4.69, 9.17) is 4.98 Å². The molecular formula is C19H21N3O2. The van der Waals surface area contributed by atoms with Crippen molar-refractivity contribution in [3.8, 4) is 0 Å². The minimum Gasteiger partial charge on any atom is -0.339 e. The van der Waals surface area contributed by atoms with E-state index >= 15 is 0 Å². The Kier molecular flexibility index (Phi) is 3.71. The van der Waals surface area contributed by atoms with Crippen LogP contribution in [0.5, 0.6) is 0 Å². The fourth-order valence-corrected chi connectivity index (χ4v) is 3.84. The molecule has 0 unspecified atom stereocenters. The lowest BCUT2D eigenvalue weighted by Crippen LogP contribution is -2.50. The number of hydrogen-bond donors (Lipinski definition) is 0. The Balaban J connectivity index is 1.71. The summed E-state index contributed by atoms with van der Waals surface area (Å²) in [6.07, 6.45) is 2.96. The number of aromatic nitrogens is 1. The second-order valence-corrected chi connectivity index (χ2v) is 6.58. The number of fused-ring (bicyclic) bond motifs is 2. The van der Waals surface area contributed by atoms with Crippen LogP contribution in [-0.2, 0) is 17.6 Å². The maximum atomic E-state index is 13.2. The summed E-state index contributed by atoms with van der Waals surface area (Å²) in [5.74, 6) is 0.173. The summed E-state index contributed by atoms with van der Waals surface area (Å²) in [7, 11) is 0. The molecule has 2 amide bonds. The minimum atomic E-state index is 0.0809. The maximum absolute atomic E-state index is 13.2. The van der Waals surface area contributed by atoms with Crippen LogP contribution >= 0.6 is 0 Å². The zero-order valence-electron chi connectivity index (χ0n) is 13.9. The Bertz CT molecular complexity index is 823. The first-order valence-corrected chi connectivity index (χ1v) is 8.60. The van der Waals surface area contributed by atoms with Gasteiger partial charge in [0.2, 0.25) is 5.91 Å². The number of para-hydroxylation sites is 1. The number of benzene rings is 1. The normalized spacial score (nSPS) is 17.2. The summed E-state index contributed by atoms with van der Waals surface area (Å²) < 4.78 is 0. The van der Waals surface area contributed by atoms with E-state index in [0.29, 0.717) is 26.2 Å². The van der Waals surface area contributed by atoms with E-state index in [0.717, 1.165) is 47.0 Å². The van der Waals surface area contributed by atoms with E-state index in [1.54, 1.807) is 11.8 Å². The molecule has 1 fully saturated rings. The molecule has 2 heterocycles. The van der Waals surface area contributed by atoms with Crippen molar-refractivity contribution in [1.82, 2.24) is 14.8 Å². The van der Waals surface area contributed by atoms with Crippen molar-refractivity contribution >= 4 is 22.7 Å². The third kappa shape index (κ3) is 2.44. The highest BCUT2D eigenvalue weighted by Crippen LogP contribution is 2.31. The molecule has 24 heavy (non-hydrogen) atoms. The third-order valence-corrected chi connectivity index (χ3v) is 5.15. The standard InChI is InChI=1S/C19H21N3O2/c1-13(23)21-9-11-22(12-10-21)19(24)18-14-5-2-3-7-16(14)20-17-8-4-6-15(17)18/h2-3,5,7H,4,6,8-12H2,1H3. The van der Waals surface area contributed by atoms with E-state index in [9.17, 15) is 9.59 Å². The molecule has 1 aromatic carbocycles. The summed E-state index contributed by atoms with van der Waals surface area (Å²) in [6.45, 7) is 4.02. The summed E-state index contributed by atoms with van der Waals surface area (Å²) in [5.41, 5.74) is 3.96. The lowest BCUT2D eigenvalue weighted by atomic mass is 9.99. The number of amides is 2. The van der Waals surface area contributed by atoms with Gasteiger partial charge in [0.25, 0.3) is 5.91 Å². The first-order chi connectivity index (χ1) is 11.6. The average molecular weight is 323 g/mol. The number of carbonyl (C=O) groups is 2. The van der Waals surface area contributed by atoms with E-state index < -0.39 is 0 Å². The van der Waals surface area contributed by atoms with Crippen LogP contribution in [0.3, 0.4) is 0 Å². The van der Waals surface area contributed by atoms with Gasteiger partial charge < -0.3 is 9.80 Å². The summed E-state index contributed by atoms with van der Waals surface area (Å²) in [6, 6.07) is 7.92. The van der Waals surface area contributed by atoms with Crippen molar-refractivity contribution < 1.29 is 9.59 Å². The van der Waals surface area contributed by atoms with Gasteiger partial charge in [0, 0.05) is 44.2 Å². The van der Waals surface area contributed by atoms with E-state index in [1.165, 1.54) is 0 Å². The second-order valence-electron chi connectivity index (χ2n) is 6.58. The molecule has 0 radical (unpaired) electrons. The van der Waals surface area contributed by atoms with Gasteiger partial charge in [-0.2, -0.15) is 0 Å². The molecule has 2 aliphatic rings. The zero-order chi connectivity index (χ0) is 16.7. The molecule has 1 saturated heterocycles. The Hall–Kier alpha value is -2.43. The molecule has 1 aromatic heterocycles.